The van der Waals surface area contributed by atoms with Gasteiger partial charge in [-0.1, -0.05) is 0 Å². The molecule has 1 amide bonds. The van der Waals surface area contributed by atoms with Gasteiger partial charge in [-0.15, -0.1) is 0 Å². The summed E-state index contributed by atoms with van der Waals surface area (Å²) < 4.78 is 5.43. The normalized spacial score (nSPS) is 25.9. The lowest BCUT2D eigenvalue weighted by Gasteiger charge is -2.39. The van der Waals surface area contributed by atoms with Gasteiger partial charge in [0.2, 0.25) is 0 Å². The lowest BCUT2D eigenvalue weighted by atomic mass is 9.93. The maximum Gasteiger partial charge on any atom is 0.255 e. The maximum atomic E-state index is 12.5. The first-order valence-corrected chi connectivity index (χ1v) is 6.31. The Morgan fingerprint density at radius 1 is 1.53 bits per heavy atom. The van der Waals surface area contributed by atoms with E-state index in [1.807, 2.05) is 12.3 Å². The number of hydrogen-bond acceptors (Lipinski definition) is 4. The number of pyridine rings is 1. The molecule has 1 unspecified atom stereocenters. The van der Waals surface area contributed by atoms with Crippen LogP contribution in [0.4, 0.5) is 11.4 Å². The van der Waals surface area contributed by atoms with E-state index in [1.54, 1.807) is 18.1 Å². The minimum absolute atomic E-state index is 0.0502. The summed E-state index contributed by atoms with van der Waals surface area (Å²) in [7, 11) is 1.79. The van der Waals surface area contributed by atoms with E-state index in [2.05, 4.69) is 15.3 Å². The fourth-order valence-corrected chi connectivity index (χ4v) is 2.94. The molecule has 6 heteroatoms. The van der Waals surface area contributed by atoms with Crippen LogP contribution in [0.25, 0.3) is 11.0 Å². The smallest absolute Gasteiger partial charge is 0.255 e. The number of fused-ring (bicyclic) bond motifs is 3. The van der Waals surface area contributed by atoms with E-state index < -0.39 is 5.54 Å². The second-order valence-electron chi connectivity index (χ2n) is 5.13. The zero-order chi connectivity index (χ0) is 13.0. The van der Waals surface area contributed by atoms with Gasteiger partial charge in [0.25, 0.3) is 5.91 Å². The number of nitrogens with one attached hydrogen (secondary N) is 2. The van der Waals surface area contributed by atoms with Crippen molar-refractivity contribution in [3.8, 4) is 0 Å². The van der Waals surface area contributed by atoms with Crippen LogP contribution < -0.4 is 10.2 Å². The SMILES string of the molecule is CN1C(=O)C2(CCOC2)Nc2c1cnc1[nH]ccc21. The van der Waals surface area contributed by atoms with Gasteiger partial charge < -0.3 is 19.9 Å². The highest BCUT2D eigenvalue weighted by Crippen LogP contribution is 2.41. The maximum absolute atomic E-state index is 12.5. The summed E-state index contributed by atoms with van der Waals surface area (Å²) >= 11 is 0. The number of hydrogen-bond donors (Lipinski definition) is 2. The number of aromatic nitrogens is 2. The van der Waals surface area contributed by atoms with Crippen LogP contribution in [0.15, 0.2) is 18.5 Å². The van der Waals surface area contributed by atoms with Crippen LogP contribution in [0.2, 0.25) is 0 Å². The molecule has 1 fully saturated rings. The summed E-state index contributed by atoms with van der Waals surface area (Å²) in [5, 5.41) is 4.41. The van der Waals surface area contributed by atoms with Crippen LogP contribution in [-0.2, 0) is 9.53 Å². The van der Waals surface area contributed by atoms with Crippen molar-refractivity contribution in [1.29, 1.82) is 0 Å². The number of likely N-dealkylation sites (N-methyl/N-ethyl adjacent to an activating group) is 1. The average Bonchev–Trinajstić information content (AvgIpc) is 3.05. The van der Waals surface area contributed by atoms with Gasteiger partial charge >= 0.3 is 0 Å². The van der Waals surface area contributed by atoms with Crippen LogP contribution >= 0.6 is 0 Å². The number of carbonyl (C=O) groups excluding carboxylic acids is 1. The molecule has 0 aliphatic carbocycles. The van der Waals surface area contributed by atoms with E-state index >= 15 is 0 Å². The Bertz CT molecular complexity index is 672. The highest BCUT2D eigenvalue weighted by atomic mass is 16.5. The molecule has 2 aromatic heterocycles. The van der Waals surface area contributed by atoms with Gasteiger partial charge in [0, 0.05) is 31.7 Å². The number of amides is 1. The van der Waals surface area contributed by atoms with Crippen molar-refractivity contribution in [2.24, 2.45) is 0 Å². The Kier molecular flexibility index (Phi) is 1.98. The topological polar surface area (TPSA) is 70.2 Å². The Balaban J connectivity index is 1.95. The van der Waals surface area contributed by atoms with E-state index in [0.29, 0.717) is 19.6 Å². The monoisotopic (exact) mass is 258 g/mol. The molecular weight excluding hydrogens is 244 g/mol. The summed E-state index contributed by atoms with van der Waals surface area (Å²) in [5.74, 6) is 0.0502. The molecule has 1 spiro atoms. The molecule has 19 heavy (non-hydrogen) atoms. The molecule has 0 bridgehead atoms. The van der Waals surface area contributed by atoms with Crippen LogP contribution in [0.1, 0.15) is 6.42 Å². The highest BCUT2D eigenvalue weighted by Gasteiger charge is 2.48. The third-order valence-corrected chi connectivity index (χ3v) is 4.03. The molecule has 2 aliphatic heterocycles. The number of ether oxygens (including phenoxy) is 1. The number of H-pyrrole nitrogens is 1. The molecule has 0 saturated carbocycles. The molecule has 2 aromatic rings. The highest BCUT2D eigenvalue weighted by molar-refractivity contribution is 6.12. The third-order valence-electron chi connectivity index (χ3n) is 4.03. The first-order valence-electron chi connectivity index (χ1n) is 6.31. The van der Waals surface area contributed by atoms with Crippen LogP contribution in [0.5, 0.6) is 0 Å². The van der Waals surface area contributed by atoms with Crippen molar-refractivity contribution < 1.29 is 9.53 Å². The molecule has 1 atom stereocenters. The van der Waals surface area contributed by atoms with E-state index in [0.717, 1.165) is 22.4 Å². The summed E-state index contributed by atoms with van der Waals surface area (Å²) in [6, 6.07) is 1.97. The van der Waals surface area contributed by atoms with E-state index in [-0.39, 0.29) is 5.91 Å². The third kappa shape index (κ3) is 1.29. The van der Waals surface area contributed by atoms with Crippen LogP contribution in [0, 0.1) is 0 Å². The van der Waals surface area contributed by atoms with Gasteiger partial charge in [0.15, 0.2) is 0 Å². The van der Waals surface area contributed by atoms with Crippen molar-refractivity contribution in [1.82, 2.24) is 9.97 Å². The minimum Gasteiger partial charge on any atom is -0.378 e. The molecule has 2 aliphatic rings. The number of rotatable bonds is 0. The quantitative estimate of drug-likeness (QED) is 0.742. The number of nitrogens with zero attached hydrogens (tertiary/aromatic N) is 2. The lowest BCUT2D eigenvalue weighted by Crippen LogP contribution is -2.57. The second-order valence-corrected chi connectivity index (χ2v) is 5.13. The zero-order valence-electron chi connectivity index (χ0n) is 10.6. The molecule has 98 valence electrons. The molecule has 4 rings (SSSR count). The minimum atomic E-state index is -0.618. The largest absolute Gasteiger partial charge is 0.378 e. The standard InChI is InChI=1S/C13H14N4O2/c1-17-9-6-15-11-8(2-4-14-11)10(9)16-13(12(17)18)3-5-19-7-13/h2,4,6,16H,3,5,7H2,1H3,(H,14,15). The van der Waals surface area contributed by atoms with E-state index in [9.17, 15) is 4.79 Å². The van der Waals surface area contributed by atoms with Gasteiger partial charge in [-0.3, -0.25) is 4.79 Å². The predicted molar refractivity (Wildman–Crippen MR) is 71.3 cm³/mol. The van der Waals surface area contributed by atoms with Crippen molar-refractivity contribution >= 4 is 28.3 Å². The van der Waals surface area contributed by atoms with Gasteiger partial charge in [0.05, 0.1) is 24.2 Å². The van der Waals surface area contributed by atoms with E-state index in [4.69, 9.17) is 4.74 Å². The fraction of sp³-hybridized carbons (Fsp3) is 0.385. The Morgan fingerprint density at radius 3 is 3.21 bits per heavy atom. The summed E-state index contributed by atoms with van der Waals surface area (Å²) in [4.78, 5) is 21.6. The predicted octanol–water partition coefficient (Wildman–Crippen LogP) is 1.11. The molecule has 1 saturated heterocycles. The van der Waals surface area contributed by atoms with Crippen molar-refractivity contribution in [2.75, 3.05) is 30.5 Å². The summed E-state index contributed by atoms with van der Waals surface area (Å²) in [6.07, 6.45) is 4.28. The van der Waals surface area contributed by atoms with Gasteiger partial charge in [-0.05, 0) is 6.07 Å². The van der Waals surface area contributed by atoms with Gasteiger partial charge in [0.1, 0.15) is 11.2 Å². The lowest BCUT2D eigenvalue weighted by molar-refractivity contribution is -0.122. The number of aromatic amines is 1. The molecule has 4 heterocycles. The Labute approximate surface area is 109 Å². The van der Waals surface area contributed by atoms with Gasteiger partial charge in [-0.2, -0.15) is 0 Å². The zero-order valence-corrected chi connectivity index (χ0v) is 10.6. The average molecular weight is 258 g/mol. The number of carbonyl (C=O) groups is 1. The fourth-order valence-electron chi connectivity index (χ4n) is 2.94. The summed E-state index contributed by atoms with van der Waals surface area (Å²) in [6.45, 7) is 1.03. The first kappa shape index (κ1) is 10.8. The van der Waals surface area contributed by atoms with Crippen molar-refractivity contribution in [2.45, 2.75) is 12.0 Å². The Morgan fingerprint density at radius 2 is 2.42 bits per heavy atom. The van der Waals surface area contributed by atoms with E-state index in [1.165, 1.54) is 0 Å². The molecule has 6 nitrogen and oxygen atoms in total. The molecule has 2 N–H and O–H groups in total. The van der Waals surface area contributed by atoms with Crippen molar-refractivity contribution in [3.63, 3.8) is 0 Å². The Hall–Kier alpha value is -2.08. The van der Waals surface area contributed by atoms with Gasteiger partial charge in [-0.25, -0.2) is 4.98 Å². The summed E-state index contributed by atoms with van der Waals surface area (Å²) in [5.41, 5.74) is 1.98. The van der Waals surface area contributed by atoms with Crippen LogP contribution in [-0.4, -0.2) is 41.7 Å². The second kappa shape index (κ2) is 3.48. The number of anilines is 2. The first-order chi connectivity index (χ1) is 9.21. The molecule has 0 radical (unpaired) electrons. The molecule has 0 aromatic carbocycles. The van der Waals surface area contributed by atoms with Crippen LogP contribution in [0.3, 0.4) is 0 Å². The van der Waals surface area contributed by atoms with Crippen molar-refractivity contribution in [3.05, 3.63) is 18.5 Å². The molecular formula is C13H14N4O2.